The molecule has 0 aliphatic rings. The number of amides is 1. The molecule has 1 amide bonds. The van der Waals surface area contributed by atoms with E-state index < -0.39 is 59.0 Å². The highest BCUT2D eigenvalue weighted by Gasteiger charge is 2.72. The molecule has 2 N–H and O–H groups in total. The molecule has 40 heavy (non-hydrogen) atoms. The number of aliphatic hydroxyl groups is 1. The molecule has 0 saturated carbocycles. The molecule has 1 rings (SSSR count). The van der Waals surface area contributed by atoms with Crippen molar-refractivity contribution in [2.45, 2.75) is 94.5 Å². The van der Waals surface area contributed by atoms with Crippen LogP contribution >= 0.6 is 11.8 Å². The van der Waals surface area contributed by atoms with Crippen LogP contribution in [-0.4, -0.2) is 46.1 Å². The zero-order valence-corrected chi connectivity index (χ0v) is 22.3. The van der Waals surface area contributed by atoms with E-state index in [0.29, 0.717) is 37.5 Å². The van der Waals surface area contributed by atoms with E-state index in [1.54, 1.807) is 0 Å². The first-order chi connectivity index (χ1) is 18.3. The molecule has 0 aliphatic heterocycles. The zero-order chi connectivity index (χ0) is 30.8. The van der Waals surface area contributed by atoms with Crippen LogP contribution in [0, 0.1) is 11.3 Å². The second kappa shape index (κ2) is 14.6. The van der Waals surface area contributed by atoms with E-state index >= 15 is 0 Å². The molecule has 0 heterocycles. The number of thioether (sulfide) groups is 1. The van der Waals surface area contributed by atoms with Gasteiger partial charge in [-0.15, -0.1) is 0 Å². The van der Waals surface area contributed by atoms with Crippen LogP contribution in [0.1, 0.15) is 75.8 Å². The van der Waals surface area contributed by atoms with E-state index in [9.17, 15) is 53.8 Å². The molecule has 1 aromatic rings. The van der Waals surface area contributed by atoms with Gasteiger partial charge < -0.3 is 10.4 Å². The van der Waals surface area contributed by atoms with Crippen LogP contribution in [0.2, 0.25) is 0 Å². The average molecular weight is 613 g/mol. The van der Waals surface area contributed by atoms with Gasteiger partial charge in [-0.2, -0.15) is 60.9 Å². The van der Waals surface area contributed by atoms with Crippen molar-refractivity contribution in [3.8, 4) is 6.07 Å². The van der Waals surface area contributed by atoms with Crippen molar-refractivity contribution in [1.29, 1.82) is 5.26 Å². The van der Waals surface area contributed by atoms with Gasteiger partial charge in [-0.25, -0.2) is 0 Å². The Morgan fingerprint density at radius 2 is 1.43 bits per heavy atom. The summed E-state index contributed by atoms with van der Waals surface area (Å²) in [7, 11) is 0. The minimum atomic E-state index is -6.32. The van der Waals surface area contributed by atoms with Gasteiger partial charge in [0.05, 0.1) is 17.2 Å². The summed E-state index contributed by atoms with van der Waals surface area (Å²) in [5.74, 6) is -12.4. The maximum atomic E-state index is 13.2. The number of nitrogens with one attached hydrogen (secondary N) is 1. The number of hydrogen-bond donors (Lipinski definition) is 2. The number of nitriles is 1. The number of alkyl halides is 10. The second-order valence-corrected chi connectivity index (χ2v) is 10.7. The van der Waals surface area contributed by atoms with Crippen molar-refractivity contribution in [3.05, 3.63) is 29.3 Å². The van der Waals surface area contributed by atoms with Crippen molar-refractivity contribution in [1.82, 2.24) is 0 Å². The van der Waals surface area contributed by atoms with Crippen LogP contribution in [0.3, 0.4) is 0 Å². The summed E-state index contributed by atoms with van der Waals surface area (Å²) in [6.45, 7) is 1.23. The summed E-state index contributed by atoms with van der Waals surface area (Å²) in [6.07, 6.45) is -8.11. The first-order valence-electron chi connectivity index (χ1n) is 12.3. The predicted octanol–water partition coefficient (Wildman–Crippen LogP) is 8.34. The van der Waals surface area contributed by atoms with Crippen molar-refractivity contribution in [3.63, 3.8) is 0 Å². The monoisotopic (exact) mass is 612 g/mol. The Hall–Kier alpha value is -2.21. The Bertz CT molecular complexity index is 1000. The van der Waals surface area contributed by atoms with Gasteiger partial charge in [0.15, 0.2) is 0 Å². The largest absolute Gasteiger partial charge is 0.459 e. The quantitative estimate of drug-likeness (QED) is 0.145. The van der Waals surface area contributed by atoms with Crippen LogP contribution in [0.15, 0.2) is 18.2 Å². The number of carbonyl (C=O) groups is 1. The van der Waals surface area contributed by atoms with Crippen molar-refractivity contribution in [2.24, 2.45) is 0 Å². The van der Waals surface area contributed by atoms with Gasteiger partial charge in [-0.1, -0.05) is 38.5 Å². The number of rotatable bonds is 16. The second-order valence-electron chi connectivity index (χ2n) is 9.46. The van der Waals surface area contributed by atoms with Gasteiger partial charge in [-0.05, 0) is 49.5 Å². The van der Waals surface area contributed by atoms with Crippen molar-refractivity contribution in [2.75, 3.05) is 16.8 Å². The summed E-state index contributed by atoms with van der Waals surface area (Å²) in [4.78, 5) is 12.4. The SMILES string of the molecule is C[C@](O)(CCCCCCCCCSCCC(F)(F)C(F)(F)C(F)(F)F)C(=O)Nc1ccc(C#N)c(C(F)(F)F)c1. The molecule has 228 valence electrons. The Morgan fingerprint density at radius 3 is 1.95 bits per heavy atom. The van der Waals surface area contributed by atoms with Crippen LogP contribution in [0.5, 0.6) is 0 Å². The smallest absolute Gasteiger partial charge is 0.380 e. The predicted molar refractivity (Wildman–Crippen MR) is 130 cm³/mol. The third-order valence-corrected chi connectivity index (χ3v) is 7.09. The number of unbranched alkanes of at least 4 members (excludes halogenated alkanes) is 6. The summed E-state index contributed by atoms with van der Waals surface area (Å²) < 4.78 is 128. The van der Waals surface area contributed by atoms with Crippen LogP contribution < -0.4 is 5.32 Å². The summed E-state index contributed by atoms with van der Waals surface area (Å²) in [5, 5.41) is 21.5. The molecular formula is C25H30F10N2O2S. The molecule has 0 aromatic heterocycles. The number of benzene rings is 1. The van der Waals surface area contributed by atoms with Gasteiger partial charge in [0.2, 0.25) is 0 Å². The van der Waals surface area contributed by atoms with Gasteiger partial charge in [-0.3, -0.25) is 4.79 Å². The van der Waals surface area contributed by atoms with E-state index in [1.165, 1.54) is 13.0 Å². The lowest BCUT2D eigenvalue weighted by Gasteiger charge is -2.28. The molecule has 0 radical (unpaired) electrons. The van der Waals surface area contributed by atoms with Crippen LogP contribution in [0.4, 0.5) is 49.6 Å². The maximum absolute atomic E-state index is 13.2. The molecule has 1 aromatic carbocycles. The number of nitrogens with zero attached hydrogens (tertiary/aromatic N) is 1. The van der Waals surface area contributed by atoms with Crippen LogP contribution in [-0.2, 0) is 11.0 Å². The van der Waals surface area contributed by atoms with E-state index in [1.807, 2.05) is 0 Å². The minimum Gasteiger partial charge on any atom is -0.380 e. The summed E-state index contributed by atoms with van der Waals surface area (Å²) >= 11 is 0.872. The number of carbonyl (C=O) groups excluding carboxylic acids is 1. The normalized spacial score (nSPS) is 14.5. The summed E-state index contributed by atoms with van der Waals surface area (Å²) in [5.41, 5.74) is -3.89. The highest BCUT2D eigenvalue weighted by molar-refractivity contribution is 7.99. The molecule has 1 atom stereocenters. The molecule has 0 saturated heterocycles. The van der Waals surface area contributed by atoms with Crippen LogP contribution in [0.25, 0.3) is 0 Å². The Kier molecular flexibility index (Phi) is 13.1. The fourth-order valence-corrected chi connectivity index (χ4v) is 4.57. The summed E-state index contributed by atoms with van der Waals surface area (Å²) in [6, 6.07) is 4.09. The van der Waals surface area contributed by atoms with Crippen molar-refractivity contribution >= 4 is 23.4 Å². The fourth-order valence-electron chi connectivity index (χ4n) is 3.56. The highest BCUT2D eigenvalue weighted by atomic mass is 32.2. The molecule has 0 fully saturated rings. The van der Waals surface area contributed by atoms with E-state index in [0.717, 1.165) is 43.2 Å². The molecule has 0 unspecified atom stereocenters. The zero-order valence-electron chi connectivity index (χ0n) is 21.5. The topological polar surface area (TPSA) is 73.1 Å². The van der Waals surface area contributed by atoms with E-state index in [2.05, 4.69) is 5.32 Å². The van der Waals surface area contributed by atoms with E-state index in [4.69, 9.17) is 5.26 Å². The highest BCUT2D eigenvalue weighted by Crippen LogP contribution is 2.48. The molecular weight excluding hydrogens is 582 g/mol. The minimum absolute atomic E-state index is 0.0376. The van der Waals surface area contributed by atoms with Crippen molar-refractivity contribution < 1.29 is 53.8 Å². The Labute approximate surface area is 229 Å². The molecule has 0 spiro atoms. The lowest BCUT2D eigenvalue weighted by Crippen LogP contribution is -2.52. The number of hydrogen-bond acceptors (Lipinski definition) is 4. The first kappa shape index (κ1) is 35.8. The average Bonchev–Trinajstić information content (AvgIpc) is 2.83. The lowest BCUT2D eigenvalue weighted by atomic mass is 9.96. The van der Waals surface area contributed by atoms with Gasteiger partial charge >= 0.3 is 24.2 Å². The standard InChI is InChI=1S/C25H30F10N2O2S/c1-21(39,20(38)37-18-10-9-17(16-36)19(15-18)23(28,29)30)11-7-5-3-2-4-6-8-13-40-14-12-22(26,27)24(31,32)25(33,34)35/h9-10,15,39H,2-8,11-14H2,1H3,(H,37,38)/t21-/m0/s1. The number of halogens is 10. The Balaban J connectivity index is 2.25. The Morgan fingerprint density at radius 1 is 0.875 bits per heavy atom. The molecule has 0 bridgehead atoms. The first-order valence-corrected chi connectivity index (χ1v) is 13.5. The molecule has 4 nitrogen and oxygen atoms in total. The fraction of sp³-hybridized carbons (Fsp3) is 0.680. The lowest BCUT2D eigenvalue weighted by molar-refractivity contribution is -0.354. The third kappa shape index (κ3) is 10.6. The maximum Gasteiger partial charge on any atom is 0.459 e. The third-order valence-electron chi connectivity index (χ3n) is 6.02. The molecule has 0 aliphatic carbocycles. The van der Waals surface area contributed by atoms with Gasteiger partial charge in [0, 0.05) is 12.1 Å². The number of anilines is 1. The van der Waals surface area contributed by atoms with Gasteiger partial charge in [0.1, 0.15) is 5.60 Å². The van der Waals surface area contributed by atoms with E-state index in [-0.39, 0.29) is 12.1 Å². The molecule has 15 heteroatoms. The van der Waals surface area contributed by atoms with Gasteiger partial charge in [0.25, 0.3) is 5.91 Å².